The van der Waals surface area contributed by atoms with E-state index in [1.807, 2.05) is 42.6 Å². The fraction of sp³-hybridized carbons (Fsp3) is 0.316. The van der Waals surface area contributed by atoms with Gasteiger partial charge in [0.05, 0.1) is 35.8 Å². The Morgan fingerprint density at radius 2 is 2.15 bits per heavy atom. The van der Waals surface area contributed by atoms with Crippen molar-refractivity contribution < 1.29 is 9.53 Å². The molecule has 0 spiro atoms. The fourth-order valence-electron chi connectivity index (χ4n) is 2.56. The third-order valence-corrected chi connectivity index (χ3v) is 5.98. The summed E-state index contributed by atoms with van der Waals surface area (Å²) in [4.78, 5) is 31.0. The van der Waals surface area contributed by atoms with Crippen LogP contribution in [0.25, 0.3) is 10.9 Å². The maximum absolute atomic E-state index is 12.8. The number of nitrogens with one attached hydrogen (secondary N) is 1. The van der Waals surface area contributed by atoms with Crippen molar-refractivity contribution in [3.05, 3.63) is 57.0 Å². The van der Waals surface area contributed by atoms with Crippen molar-refractivity contribution in [2.45, 2.75) is 30.4 Å². The molecule has 1 amide bonds. The predicted octanol–water partition coefficient (Wildman–Crippen LogP) is 2.90. The zero-order chi connectivity index (χ0) is 19.2. The number of carbonyl (C=O) groups excluding carboxylic acids is 1. The molecule has 2 aromatic heterocycles. The lowest BCUT2D eigenvalue weighted by molar-refractivity contribution is -0.120. The van der Waals surface area contributed by atoms with Gasteiger partial charge in [-0.15, -0.1) is 11.3 Å². The van der Waals surface area contributed by atoms with Crippen molar-refractivity contribution in [1.29, 1.82) is 0 Å². The summed E-state index contributed by atoms with van der Waals surface area (Å²) < 4.78 is 6.71. The van der Waals surface area contributed by atoms with E-state index >= 15 is 0 Å². The molecule has 1 atom stereocenters. The zero-order valence-electron chi connectivity index (χ0n) is 15.2. The number of amides is 1. The first-order chi connectivity index (χ1) is 13.1. The lowest BCUT2D eigenvalue weighted by Crippen LogP contribution is -2.31. The Morgan fingerprint density at radius 3 is 2.89 bits per heavy atom. The summed E-state index contributed by atoms with van der Waals surface area (Å²) in [5.41, 5.74) is 0.510. The molecule has 142 valence electrons. The van der Waals surface area contributed by atoms with Gasteiger partial charge >= 0.3 is 0 Å². The van der Waals surface area contributed by atoms with Crippen LogP contribution in [0, 0.1) is 0 Å². The Morgan fingerprint density at radius 1 is 1.33 bits per heavy atom. The molecule has 3 rings (SSSR count). The van der Waals surface area contributed by atoms with E-state index in [1.54, 1.807) is 29.1 Å². The summed E-state index contributed by atoms with van der Waals surface area (Å²) in [5, 5.41) is 5.61. The van der Waals surface area contributed by atoms with Gasteiger partial charge in [-0.1, -0.05) is 30.0 Å². The van der Waals surface area contributed by atoms with E-state index in [-0.39, 0.29) is 16.7 Å². The molecule has 0 saturated heterocycles. The molecule has 3 aromatic rings. The highest BCUT2D eigenvalue weighted by molar-refractivity contribution is 8.00. The van der Waals surface area contributed by atoms with Crippen molar-refractivity contribution in [3.8, 4) is 0 Å². The van der Waals surface area contributed by atoms with E-state index in [0.717, 1.165) is 4.88 Å². The van der Waals surface area contributed by atoms with Crippen LogP contribution in [0.15, 0.2) is 51.7 Å². The first kappa shape index (κ1) is 19.6. The second kappa shape index (κ2) is 9.16. The smallest absolute Gasteiger partial charge is 0.262 e. The van der Waals surface area contributed by atoms with Crippen LogP contribution in [0.4, 0.5) is 0 Å². The highest BCUT2D eigenvalue weighted by atomic mass is 32.2. The van der Waals surface area contributed by atoms with Gasteiger partial charge in [-0.2, -0.15) is 0 Å². The molecule has 2 heterocycles. The van der Waals surface area contributed by atoms with Gasteiger partial charge in [-0.3, -0.25) is 14.2 Å². The average molecular weight is 404 g/mol. The molecule has 1 N–H and O–H groups in total. The summed E-state index contributed by atoms with van der Waals surface area (Å²) in [6.07, 6.45) is 0. The number of hydrogen-bond acceptors (Lipinski definition) is 6. The van der Waals surface area contributed by atoms with E-state index in [4.69, 9.17) is 4.74 Å². The Labute approximate surface area is 165 Å². The van der Waals surface area contributed by atoms with E-state index in [2.05, 4.69) is 10.3 Å². The number of rotatable bonds is 8. The second-order valence-electron chi connectivity index (χ2n) is 5.92. The van der Waals surface area contributed by atoms with Crippen LogP contribution < -0.4 is 10.9 Å². The summed E-state index contributed by atoms with van der Waals surface area (Å²) >= 11 is 2.88. The molecular weight excluding hydrogens is 382 g/mol. The third-order valence-electron chi connectivity index (χ3n) is 4.01. The molecule has 0 bridgehead atoms. The van der Waals surface area contributed by atoms with Crippen LogP contribution in [0.1, 0.15) is 11.8 Å². The molecule has 0 aliphatic carbocycles. The molecule has 0 radical (unpaired) electrons. The van der Waals surface area contributed by atoms with Crippen LogP contribution in [0.2, 0.25) is 0 Å². The normalized spacial score (nSPS) is 12.2. The number of thiophene rings is 1. The fourth-order valence-corrected chi connectivity index (χ4v) is 4.16. The second-order valence-corrected chi connectivity index (χ2v) is 8.26. The number of methoxy groups -OCH3 is 1. The van der Waals surface area contributed by atoms with Crippen LogP contribution in [-0.4, -0.2) is 34.4 Å². The quantitative estimate of drug-likeness (QED) is 0.462. The van der Waals surface area contributed by atoms with Crippen LogP contribution >= 0.6 is 23.1 Å². The van der Waals surface area contributed by atoms with Gasteiger partial charge in [0.25, 0.3) is 5.56 Å². The molecule has 6 nitrogen and oxygen atoms in total. The van der Waals surface area contributed by atoms with Gasteiger partial charge in [-0.25, -0.2) is 4.98 Å². The molecule has 0 saturated carbocycles. The van der Waals surface area contributed by atoms with Crippen molar-refractivity contribution >= 4 is 39.9 Å². The first-order valence-electron chi connectivity index (χ1n) is 8.55. The topological polar surface area (TPSA) is 73.2 Å². The Kier molecular flexibility index (Phi) is 6.65. The van der Waals surface area contributed by atoms with Crippen LogP contribution in [0.5, 0.6) is 0 Å². The van der Waals surface area contributed by atoms with Gasteiger partial charge in [0.15, 0.2) is 5.16 Å². The standard InChI is InChI=1S/C19H21N3O3S2/c1-13(17(23)20-12-14-6-5-11-26-14)27-19-21-16-8-4-3-7-15(16)18(24)22(19)9-10-25-2/h3-8,11,13H,9-10,12H2,1-2H3,(H,20,23)/t13-/m0/s1. The number of aromatic nitrogens is 2. The van der Waals surface area contributed by atoms with E-state index in [9.17, 15) is 9.59 Å². The summed E-state index contributed by atoms with van der Waals surface area (Å²) in [6, 6.07) is 11.2. The maximum Gasteiger partial charge on any atom is 0.262 e. The number of benzene rings is 1. The predicted molar refractivity (Wildman–Crippen MR) is 109 cm³/mol. The minimum atomic E-state index is -0.383. The van der Waals surface area contributed by atoms with Gasteiger partial charge in [0.2, 0.25) is 5.91 Å². The van der Waals surface area contributed by atoms with Crippen LogP contribution in [0.3, 0.4) is 0 Å². The number of para-hydroxylation sites is 1. The summed E-state index contributed by atoms with van der Waals surface area (Å²) in [6.45, 7) is 3.10. The Balaban J connectivity index is 1.81. The Bertz CT molecular complexity index is 970. The number of thioether (sulfide) groups is 1. The number of fused-ring (bicyclic) bond motifs is 1. The summed E-state index contributed by atoms with van der Waals surface area (Å²) in [5.74, 6) is -0.0888. The van der Waals surface area contributed by atoms with E-state index in [0.29, 0.717) is 35.8 Å². The lowest BCUT2D eigenvalue weighted by Gasteiger charge is -2.16. The van der Waals surface area contributed by atoms with Gasteiger partial charge in [-0.05, 0) is 30.5 Å². The summed E-state index contributed by atoms with van der Waals surface area (Å²) in [7, 11) is 1.59. The third kappa shape index (κ3) is 4.77. The molecule has 1 aromatic carbocycles. The van der Waals surface area contributed by atoms with Crippen molar-refractivity contribution in [1.82, 2.24) is 14.9 Å². The largest absolute Gasteiger partial charge is 0.383 e. The van der Waals surface area contributed by atoms with E-state index < -0.39 is 0 Å². The maximum atomic E-state index is 12.8. The molecule has 0 aliphatic rings. The minimum Gasteiger partial charge on any atom is -0.383 e. The molecule has 0 fully saturated rings. The highest BCUT2D eigenvalue weighted by Gasteiger charge is 2.19. The molecule has 8 heteroatoms. The average Bonchev–Trinajstić information content (AvgIpc) is 3.19. The molecule has 27 heavy (non-hydrogen) atoms. The number of carbonyl (C=O) groups is 1. The van der Waals surface area contributed by atoms with Crippen LogP contribution in [-0.2, 0) is 22.6 Å². The van der Waals surface area contributed by atoms with Gasteiger partial charge in [0, 0.05) is 12.0 Å². The zero-order valence-corrected chi connectivity index (χ0v) is 16.8. The van der Waals surface area contributed by atoms with Gasteiger partial charge < -0.3 is 10.1 Å². The van der Waals surface area contributed by atoms with E-state index in [1.165, 1.54) is 11.8 Å². The SMILES string of the molecule is COCCn1c(S[C@@H](C)C(=O)NCc2cccs2)nc2ccccc2c1=O. The number of ether oxygens (including phenoxy) is 1. The van der Waals surface area contributed by atoms with Crippen molar-refractivity contribution in [3.63, 3.8) is 0 Å². The first-order valence-corrected chi connectivity index (χ1v) is 10.3. The highest BCUT2D eigenvalue weighted by Crippen LogP contribution is 2.23. The molecular formula is C19H21N3O3S2. The lowest BCUT2D eigenvalue weighted by atomic mass is 10.2. The number of hydrogen-bond donors (Lipinski definition) is 1. The Hall–Kier alpha value is -2.16. The molecule has 0 aliphatic heterocycles. The molecule has 0 unspecified atom stereocenters. The number of nitrogens with zero attached hydrogens (tertiary/aromatic N) is 2. The minimum absolute atomic E-state index is 0.0888. The monoisotopic (exact) mass is 403 g/mol. The van der Waals surface area contributed by atoms with Crippen molar-refractivity contribution in [2.75, 3.05) is 13.7 Å². The van der Waals surface area contributed by atoms with Crippen molar-refractivity contribution in [2.24, 2.45) is 0 Å². The van der Waals surface area contributed by atoms with Gasteiger partial charge in [0.1, 0.15) is 0 Å².